The van der Waals surface area contributed by atoms with Gasteiger partial charge in [-0.3, -0.25) is 4.79 Å². The number of halogens is 2. The van der Waals surface area contributed by atoms with Crippen LogP contribution >= 0.6 is 11.6 Å². The van der Waals surface area contributed by atoms with Crippen LogP contribution in [0.5, 0.6) is 0 Å². The first-order chi connectivity index (χ1) is 14.6. The molecule has 1 aliphatic carbocycles. The lowest BCUT2D eigenvalue weighted by molar-refractivity contribution is -0.117. The number of pyridine rings is 2. The fourth-order valence-electron chi connectivity index (χ4n) is 3.84. The van der Waals surface area contributed by atoms with Crippen LogP contribution in [0, 0.1) is 5.82 Å². The van der Waals surface area contributed by atoms with Crippen LogP contribution in [0.3, 0.4) is 0 Å². The molecule has 0 bridgehead atoms. The third-order valence-corrected chi connectivity index (χ3v) is 5.86. The molecule has 2 aliphatic rings. The van der Waals surface area contributed by atoms with Gasteiger partial charge in [0, 0.05) is 25.0 Å². The molecular formula is C23H20ClFN4O. The van der Waals surface area contributed by atoms with Crippen molar-refractivity contribution in [2.75, 3.05) is 16.8 Å². The number of aromatic nitrogens is 2. The Bertz CT molecular complexity index is 1130. The summed E-state index contributed by atoms with van der Waals surface area (Å²) >= 11 is 6.08. The summed E-state index contributed by atoms with van der Waals surface area (Å²) in [4.78, 5) is 22.7. The van der Waals surface area contributed by atoms with Crippen LogP contribution in [0.2, 0.25) is 5.15 Å². The maximum atomic E-state index is 15.1. The number of carbonyl (C=O) groups excluding carboxylic acids is 1. The van der Waals surface area contributed by atoms with Gasteiger partial charge in [-0.25, -0.2) is 14.4 Å². The highest BCUT2D eigenvalue weighted by atomic mass is 35.5. The van der Waals surface area contributed by atoms with Gasteiger partial charge in [0.25, 0.3) is 0 Å². The number of rotatable bonds is 5. The molecule has 5 nitrogen and oxygen atoms in total. The summed E-state index contributed by atoms with van der Waals surface area (Å²) in [6.45, 7) is 0.456. The molecule has 1 amide bonds. The Hall–Kier alpha value is -2.99. The number of fused-ring (bicyclic) bond motifs is 1. The van der Waals surface area contributed by atoms with Gasteiger partial charge in [-0.05, 0) is 71.8 Å². The van der Waals surface area contributed by atoms with Gasteiger partial charge in [-0.15, -0.1) is 0 Å². The second-order valence-electron chi connectivity index (χ2n) is 7.74. The van der Waals surface area contributed by atoms with Crippen molar-refractivity contribution in [3.8, 4) is 11.1 Å². The predicted octanol–water partition coefficient (Wildman–Crippen LogP) is 4.64. The quantitative estimate of drug-likeness (QED) is 0.608. The molecule has 2 aromatic heterocycles. The number of carbonyl (C=O) groups is 1. The second kappa shape index (κ2) is 7.69. The van der Waals surface area contributed by atoms with Crippen LogP contribution in [0.15, 0.2) is 48.8 Å². The third kappa shape index (κ3) is 3.75. The molecule has 0 unspecified atom stereocenters. The summed E-state index contributed by atoms with van der Waals surface area (Å²) < 4.78 is 15.1. The van der Waals surface area contributed by atoms with Gasteiger partial charge >= 0.3 is 0 Å². The number of nitrogens with zero attached hydrogens (tertiary/aromatic N) is 3. The minimum Gasteiger partial charge on any atom is -0.367 e. The molecule has 1 aromatic carbocycles. The maximum Gasteiger partial charge on any atom is 0.231 e. The molecule has 3 heterocycles. The minimum absolute atomic E-state index is 0.0911. The summed E-state index contributed by atoms with van der Waals surface area (Å²) in [5.41, 5.74) is 3.54. The second-order valence-corrected chi connectivity index (χ2v) is 8.10. The molecule has 1 aliphatic heterocycles. The fourth-order valence-corrected chi connectivity index (χ4v) is 4.03. The number of amides is 1. The number of hydrogen-bond acceptors (Lipinski definition) is 4. The van der Waals surface area contributed by atoms with E-state index in [-0.39, 0.29) is 18.1 Å². The smallest absolute Gasteiger partial charge is 0.231 e. The zero-order valence-corrected chi connectivity index (χ0v) is 17.0. The summed E-state index contributed by atoms with van der Waals surface area (Å²) in [7, 11) is 0. The first-order valence-electron chi connectivity index (χ1n) is 10.0. The first-order valence-corrected chi connectivity index (χ1v) is 10.4. The molecule has 0 spiro atoms. The normalized spacial score (nSPS) is 15.2. The predicted molar refractivity (Wildman–Crippen MR) is 115 cm³/mol. The van der Waals surface area contributed by atoms with E-state index in [2.05, 4.69) is 15.3 Å². The van der Waals surface area contributed by atoms with Crippen LogP contribution < -0.4 is 10.2 Å². The average Bonchev–Trinajstić information content (AvgIpc) is 3.44. The Labute approximate surface area is 178 Å². The topological polar surface area (TPSA) is 58.1 Å². The lowest BCUT2D eigenvalue weighted by Crippen LogP contribution is -2.31. The van der Waals surface area contributed by atoms with Crippen molar-refractivity contribution in [3.05, 3.63) is 70.9 Å². The van der Waals surface area contributed by atoms with Gasteiger partial charge in [0.15, 0.2) is 0 Å². The number of anilines is 2. The number of hydrogen-bond donors (Lipinski definition) is 1. The van der Waals surface area contributed by atoms with Gasteiger partial charge in [0.05, 0.1) is 12.1 Å². The average molecular weight is 423 g/mol. The molecule has 3 aromatic rings. The molecular weight excluding hydrogens is 403 g/mol. The molecule has 0 atom stereocenters. The summed E-state index contributed by atoms with van der Waals surface area (Å²) in [6.07, 6.45) is 6.34. The zero-order valence-electron chi connectivity index (χ0n) is 16.2. The van der Waals surface area contributed by atoms with Gasteiger partial charge < -0.3 is 10.2 Å². The van der Waals surface area contributed by atoms with Crippen molar-refractivity contribution in [2.24, 2.45) is 0 Å². The summed E-state index contributed by atoms with van der Waals surface area (Å²) in [5, 5.41) is 3.67. The Balaban J connectivity index is 1.41. The third-order valence-electron chi connectivity index (χ3n) is 5.52. The lowest BCUT2D eigenvalue weighted by Gasteiger charge is -2.19. The van der Waals surface area contributed by atoms with E-state index in [1.54, 1.807) is 24.5 Å². The Morgan fingerprint density at radius 1 is 1.17 bits per heavy atom. The Kier molecular flexibility index (Phi) is 4.87. The zero-order chi connectivity index (χ0) is 20.7. The van der Waals surface area contributed by atoms with Crippen LogP contribution in [-0.2, 0) is 17.6 Å². The van der Waals surface area contributed by atoms with Gasteiger partial charge in [-0.2, -0.15) is 0 Å². The maximum absolute atomic E-state index is 15.1. The SMILES string of the molecule is O=C(Cc1cccnc1Cl)N1CCc2cc(-c3ccnc(NC4CC4)c3)cc(F)c21. The largest absolute Gasteiger partial charge is 0.367 e. The molecule has 152 valence electrons. The molecule has 0 saturated heterocycles. The molecule has 30 heavy (non-hydrogen) atoms. The van der Waals surface area contributed by atoms with E-state index in [9.17, 15) is 4.79 Å². The van der Waals surface area contributed by atoms with Crippen molar-refractivity contribution in [3.63, 3.8) is 0 Å². The molecule has 1 N–H and O–H groups in total. The molecule has 5 rings (SSSR count). The fraction of sp³-hybridized carbons (Fsp3) is 0.261. The van der Waals surface area contributed by atoms with E-state index in [0.717, 1.165) is 35.3 Å². The van der Waals surface area contributed by atoms with Gasteiger partial charge in [0.1, 0.15) is 16.8 Å². The van der Waals surface area contributed by atoms with E-state index in [1.165, 1.54) is 11.0 Å². The van der Waals surface area contributed by atoms with Crippen LogP contribution in [0.4, 0.5) is 15.9 Å². The number of nitrogens with one attached hydrogen (secondary N) is 1. The summed E-state index contributed by atoms with van der Waals surface area (Å²) in [5.74, 6) is 0.232. The highest BCUT2D eigenvalue weighted by Crippen LogP contribution is 2.36. The highest BCUT2D eigenvalue weighted by Gasteiger charge is 2.29. The van der Waals surface area contributed by atoms with Crippen molar-refractivity contribution in [2.45, 2.75) is 31.7 Å². The molecule has 1 saturated carbocycles. The lowest BCUT2D eigenvalue weighted by atomic mass is 10.0. The van der Waals surface area contributed by atoms with Crippen molar-refractivity contribution in [1.82, 2.24) is 9.97 Å². The molecule has 0 radical (unpaired) electrons. The van der Waals surface area contributed by atoms with E-state index < -0.39 is 0 Å². The van der Waals surface area contributed by atoms with Gasteiger partial charge in [-0.1, -0.05) is 17.7 Å². The monoisotopic (exact) mass is 422 g/mol. The van der Waals surface area contributed by atoms with E-state index in [4.69, 9.17) is 11.6 Å². The van der Waals surface area contributed by atoms with Crippen LogP contribution in [0.1, 0.15) is 24.0 Å². The van der Waals surface area contributed by atoms with Gasteiger partial charge in [0.2, 0.25) is 5.91 Å². The standard InChI is InChI=1S/C23H20ClFN4O/c24-23-16(2-1-7-27-23)13-21(30)29-9-6-15-10-17(11-19(25)22(15)29)14-5-8-26-20(12-14)28-18-3-4-18/h1-2,5,7-8,10-12,18H,3-4,6,9,13H2,(H,26,28). The van der Waals surface area contributed by atoms with E-state index >= 15 is 4.39 Å². The molecule has 1 fully saturated rings. The van der Waals surface area contributed by atoms with Crippen LogP contribution in [0.25, 0.3) is 11.1 Å². The molecule has 7 heteroatoms. The van der Waals surface area contributed by atoms with E-state index in [1.807, 2.05) is 18.2 Å². The van der Waals surface area contributed by atoms with E-state index in [0.29, 0.717) is 35.4 Å². The number of benzene rings is 1. The van der Waals surface area contributed by atoms with Crippen molar-refractivity contribution >= 4 is 29.0 Å². The van der Waals surface area contributed by atoms with Crippen molar-refractivity contribution < 1.29 is 9.18 Å². The summed E-state index contributed by atoms with van der Waals surface area (Å²) in [6, 6.07) is 11.3. The highest BCUT2D eigenvalue weighted by molar-refractivity contribution is 6.30. The Morgan fingerprint density at radius 2 is 2.03 bits per heavy atom. The first kappa shape index (κ1) is 19.0. The Morgan fingerprint density at radius 3 is 2.83 bits per heavy atom. The van der Waals surface area contributed by atoms with Crippen LogP contribution in [-0.4, -0.2) is 28.5 Å². The minimum atomic E-state index is -0.390. The van der Waals surface area contributed by atoms with Crippen molar-refractivity contribution in [1.29, 1.82) is 0 Å².